The van der Waals surface area contributed by atoms with Gasteiger partial charge in [-0.25, -0.2) is 8.93 Å². The summed E-state index contributed by atoms with van der Waals surface area (Å²) >= 11 is 0. The van der Waals surface area contributed by atoms with E-state index in [4.69, 9.17) is 5.11 Å². The maximum absolute atomic E-state index is 11.1. The predicted octanol–water partition coefficient (Wildman–Crippen LogP) is 0.364. The number of nitrogens with one attached hydrogen (secondary N) is 1. The summed E-state index contributed by atoms with van der Waals surface area (Å²) in [5.74, 6) is 0.444. The average Bonchev–Trinajstić information content (AvgIpc) is 2.10. The van der Waals surface area contributed by atoms with Crippen molar-refractivity contribution in [2.24, 2.45) is 0 Å². The molecule has 0 aromatic heterocycles. The molecule has 12 heavy (non-hydrogen) atoms. The summed E-state index contributed by atoms with van der Waals surface area (Å²) in [6.07, 6.45) is 3.55. The van der Waals surface area contributed by atoms with Crippen molar-refractivity contribution >= 4 is 11.0 Å². The van der Waals surface area contributed by atoms with Crippen LogP contribution in [0.15, 0.2) is 24.3 Å². The zero-order valence-corrected chi connectivity index (χ0v) is 8.06. The minimum Gasteiger partial charge on any atom is -0.395 e. The fourth-order valence-electron chi connectivity index (χ4n) is 0.622. The van der Waals surface area contributed by atoms with Crippen molar-refractivity contribution in [3.05, 3.63) is 24.3 Å². The fourth-order valence-corrected chi connectivity index (χ4v) is 1.63. The largest absolute Gasteiger partial charge is 0.395 e. The van der Waals surface area contributed by atoms with Gasteiger partial charge in [-0.15, -0.1) is 0 Å². The highest BCUT2D eigenvalue weighted by atomic mass is 32.2. The van der Waals surface area contributed by atoms with Gasteiger partial charge in [-0.2, -0.15) is 0 Å². The van der Waals surface area contributed by atoms with Crippen molar-refractivity contribution in [2.75, 3.05) is 18.9 Å². The van der Waals surface area contributed by atoms with E-state index in [1.807, 2.05) is 13.0 Å². The van der Waals surface area contributed by atoms with E-state index >= 15 is 0 Å². The molecule has 0 radical (unpaired) electrons. The van der Waals surface area contributed by atoms with Crippen molar-refractivity contribution in [2.45, 2.75) is 6.92 Å². The van der Waals surface area contributed by atoms with E-state index < -0.39 is 11.0 Å². The molecular weight excluding hydrogens is 174 g/mol. The molecule has 3 nitrogen and oxygen atoms in total. The molecule has 0 aromatic rings. The SMILES string of the molecule is C=C/C(=C/C)CS(=O)NCCO. The molecule has 0 heterocycles. The molecule has 1 atom stereocenters. The highest BCUT2D eigenvalue weighted by molar-refractivity contribution is 7.83. The Morgan fingerprint density at radius 2 is 2.42 bits per heavy atom. The van der Waals surface area contributed by atoms with E-state index in [9.17, 15) is 4.21 Å². The first kappa shape index (κ1) is 11.6. The number of allylic oxidation sites excluding steroid dienone is 2. The van der Waals surface area contributed by atoms with Gasteiger partial charge in [0.1, 0.15) is 0 Å². The molecule has 0 aliphatic heterocycles. The van der Waals surface area contributed by atoms with Crippen molar-refractivity contribution < 1.29 is 9.32 Å². The summed E-state index contributed by atoms with van der Waals surface area (Å²) < 4.78 is 13.8. The van der Waals surface area contributed by atoms with Crippen LogP contribution in [0.2, 0.25) is 0 Å². The van der Waals surface area contributed by atoms with Crippen molar-refractivity contribution in [3.8, 4) is 0 Å². The molecule has 0 rings (SSSR count). The third kappa shape index (κ3) is 5.23. The van der Waals surface area contributed by atoms with Gasteiger partial charge in [-0.3, -0.25) is 0 Å². The molecule has 0 saturated carbocycles. The van der Waals surface area contributed by atoms with Crippen LogP contribution in [0, 0.1) is 0 Å². The van der Waals surface area contributed by atoms with E-state index in [1.54, 1.807) is 6.08 Å². The monoisotopic (exact) mass is 189 g/mol. The second-order valence-electron chi connectivity index (χ2n) is 2.18. The molecule has 0 aliphatic rings. The Labute approximate surface area is 75.8 Å². The lowest BCUT2D eigenvalue weighted by atomic mass is 10.3. The summed E-state index contributed by atoms with van der Waals surface area (Å²) in [5.41, 5.74) is 0.943. The molecule has 4 heteroatoms. The second kappa shape index (κ2) is 7.21. The molecule has 0 saturated heterocycles. The lowest BCUT2D eigenvalue weighted by Crippen LogP contribution is -2.23. The van der Waals surface area contributed by atoms with Gasteiger partial charge in [-0.05, 0) is 12.5 Å². The van der Waals surface area contributed by atoms with Gasteiger partial charge in [0, 0.05) is 6.54 Å². The van der Waals surface area contributed by atoms with Crippen LogP contribution in [0.1, 0.15) is 6.92 Å². The average molecular weight is 189 g/mol. The zero-order valence-electron chi connectivity index (χ0n) is 7.25. The Morgan fingerprint density at radius 1 is 1.75 bits per heavy atom. The summed E-state index contributed by atoms with van der Waals surface area (Å²) in [7, 11) is -1.10. The number of hydrogen-bond donors (Lipinski definition) is 2. The van der Waals surface area contributed by atoms with Crippen LogP contribution in [0.4, 0.5) is 0 Å². The highest BCUT2D eigenvalue weighted by Crippen LogP contribution is 1.96. The molecule has 0 amide bonds. The Kier molecular flexibility index (Phi) is 6.94. The molecule has 0 spiro atoms. The predicted molar refractivity (Wildman–Crippen MR) is 52.1 cm³/mol. The van der Waals surface area contributed by atoms with Crippen molar-refractivity contribution in [3.63, 3.8) is 0 Å². The standard InChI is InChI=1S/C8H15NO2S/c1-3-8(4-2)7-12(11)9-5-6-10/h3-4,9-10H,1,5-7H2,2H3/b8-4-. The van der Waals surface area contributed by atoms with Crippen LogP contribution < -0.4 is 4.72 Å². The molecule has 2 N–H and O–H groups in total. The molecule has 0 bridgehead atoms. The van der Waals surface area contributed by atoms with E-state index in [2.05, 4.69) is 11.3 Å². The lowest BCUT2D eigenvalue weighted by Gasteiger charge is -2.02. The van der Waals surface area contributed by atoms with Gasteiger partial charge in [0.25, 0.3) is 0 Å². The summed E-state index contributed by atoms with van der Waals surface area (Å²) in [5, 5.41) is 8.43. The van der Waals surface area contributed by atoms with Gasteiger partial charge in [0.15, 0.2) is 0 Å². The topological polar surface area (TPSA) is 49.3 Å². The fraction of sp³-hybridized carbons (Fsp3) is 0.500. The van der Waals surface area contributed by atoms with Crippen molar-refractivity contribution in [1.82, 2.24) is 4.72 Å². The third-order valence-corrected chi connectivity index (χ3v) is 2.43. The smallest absolute Gasteiger partial charge is 0.0961 e. The molecule has 0 aliphatic carbocycles. The second-order valence-corrected chi connectivity index (χ2v) is 3.44. The summed E-state index contributed by atoms with van der Waals surface area (Å²) in [6.45, 7) is 5.83. The van der Waals surface area contributed by atoms with E-state index in [-0.39, 0.29) is 6.61 Å². The Bertz CT molecular complexity index is 189. The van der Waals surface area contributed by atoms with Crippen LogP contribution in [0.3, 0.4) is 0 Å². The van der Waals surface area contributed by atoms with Crippen LogP contribution in [-0.2, 0) is 11.0 Å². The normalized spacial score (nSPS) is 14.3. The molecule has 1 unspecified atom stereocenters. The maximum Gasteiger partial charge on any atom is 0.0961 e. The van der Waals surface area contributed by atoms with Crippen LogP contribution in [0.25, 0.3) is 0 Å². The van der Waals surface area contributed by atoms with E-state index in [0.717, 1.165) is 5.57 Å². The van der Waals surface area contributed by atoms with E-state index in [0.29, 0.717) is 12.3 Å². The summed E-state index contributed by atoms with van der Waals surface area (Å²) in [6, 6.07) is 0. The van der Waals surface area contributed by atoms with Crippen molar-refractivity contribution in [1.29, 1.82) is 0 Å². The Balaban J connectivity index is 3.75. The molecular formula is C8H15NO2S. The molecule has 0 aromatic carbocycles. The minimum atomic E-state index is -1.10. The Morgan fingerprint density at radius 3 is 2.83 bits per heavy atom. The maximum atomic E-state index is 11.1. The highest BCUT2D eigenvalue weighted by Gasteiger charge is 1.98. The van der Waals surface area contributed by atoms with Gasteiger partial charge in [0.2, 0.25) is 0 Å². The number of aliphatic hydroxyl groups excluding tert-OH is 1. The Hall–Kier alpha value is -0.450. The third-order valence-electron chi connectivity index (χ3n) is 1.31. The first-order valence-electron chi connectivity index (χ1n) is 3.75. The zero-order chi connectivity index (χ0) is 9.40. The first-order chi connectivity index (χ1) is 5.74. The summed E-state index contributed by atoms with van der Waals surface area (Å²) in [4.78, 5) is 0. The van der Waals surface area contributed by atoms with Crippen LogP contribution in [0.5, 0.6) is 0 Å². The van der Waals surface area contributed by atoms with E-state index in [1.165, 1.54) is 0 Å². The molecule has 70 valence electrons. The van der Waals surface area contributed by atoms with Gasteiger partial charge in [0.05, 0.1) is 23.3 Å². The number of hydrogen-bond acceptors (Lipinski definition) is 2. The van der Waals surface area contributed by atoms with Gasteiger partial charge < -0.3 is 5.11 Å². The number of rotatable bonds is 6. The first-order valence-corrected chi connectivity index (χ1v) is 5.06. The molecule has 0 fully saturated rings. The minimum absolute atomic E-state index is 0.00496. The van der Waals surface area contributed by atoms with Gasteiger partial charge in [-0.1, -0.05) is 18.7 Å². The number of aliphatic hydroxyl groups is 1. The van der Waals surface area contributed by atoms with Crippen LogP contribution in [-0.4, -0.2) is 28.2 Å². The van der Waals surface area contributed by atoms with Gasteiger partial charge >= 0.3 is 0 Å². The van der Waals surface area contributed by atoms with Crippen LogP contribution >= 0.6 is 0 Å². The lowest BCUT2D eigenvalue weighted by molar-refractivity contribution is 0.302. The quantitative estimate of drug-likeness (QED) is 0.593.